The molecular formula is C23H19N3O3. The molecule has 0 fully saturated rings. The van der Waals surface area contributed by atoms with Crippen molar-refractivity contribution in [1.29, 1.82) is 0 Å². The Bertz CT molecular complexity index is 1180. The minimum Gasteiger partial charge on any atom is -0.497 e. The number of para-hydroxylation sites is 1. The van der Waals surface area contributed by atoms with Crippen LogP contribution in [0.3, 0.4) is 0 Å². The topological polar surface area (TPSA) is 73.3 Å². The van der Waals surface area contributed by atoms with Crippen molar-refractivity contribution in [1.82, 2.24) is 9.97 Å². The molecule has 1 amide bonds. The first-order valence-electron chi connectivity index (χ1n) is 9.04. The molecule has 0 atom stereocenters. The summed E-state index contributed by atoms with van der Waals surface area (Å²) in [5.74, 6) is 0.893. The van der Waals surface area contributed by atoms with Crippen LogP contribution in [0.4, 0.5) is 5.69 Å². The largest absolute Gasteiger partial charge is 0.497 e. The van der Waals surface area contributed by atoms with Gasteiger partial charge in [0.15, 0.2) is 0 Å². The highest BCUT2D eigenvalue weighted by Crippen LogP contribution is 2.30. The lowest BCUT2D eigenvalue weighted by Gasteiger charge is -2.13. The van der Waals surface area contributed by atoms with Gasteiger partial charge in [0.05, 0.1) is 42.4 Å². The van der Waals surface area contributed by atoms with Crippen LogP contribution in [-0.4, -0.2) is 30.1 Å². The Labute approximate surface area is 168 Å². The van der Waals surface area contributed by atoms with E-state index in [0.29, 0.717) is 34.1 Å². The second-order valence-corrected chi connectivity index (χ2v) is 6.31. The van der Waals surface area contributed by atoms with E-state index in [1.54, 1.807) is 44.7 Å². The number of nitrogens with zero attached hydrogens (tertiary/aromatic N) is 2. The maximum absolute atomic E-state index is 13.2. The number of carbonyl (C=O) groups is 1. The number of anilines is 1. The first kappa shape index (κ1) is 18.4. The first-order chi connectivity index (χ1) is 14.2. The molecule has 4 rings (SSSR count). The molecule has 4 aromatic rings. The molecule has 6 nitrogen and oxygen atoms in total. The van der Waals surface area contributed by atoms with Crippen LogP contribution in [0.1, 0.15) is 10.4 Å². The maximum Gasteiger partial charge on any atom is 0.256 e. The molecule has 2 aromatic carbocycles. The molecule has 0 unspecified atom stereocenters. The summed E-state index contributed by atoms with van der Waals surface area (Å²) < 4.78 is 10.6. The Morgan fingerprint density at radius 2 is 1.72 bits per heavy atom. The lowest BCUT2D eigenvalue weighted by Crippen LogP contribution is -2.14. The minimum absolute atomic E-state index is 0.271. The lowest BCUT2D eigenvalue weighted by molar-refractivity contribution is 0.102. The fourth-order valence-corrected chi connectivity index (χ4v) is 3.11. The molecule has 0 aliphatic heterocycles. The van der Waals surface area contributed by atoms with Crippen LogP contribution in [0.5, 0.6) is 11.5 Å². The highest BCUT2D eigenvalue weighted by Gasteiger charge is 2.16. The van der Waals surface area contributed by atoms with Gasteiger partial charge in [0.1, 0.15) is 11.5 Å². The van der Waals surface area contributed by atoms with Crippen LogP contribution in [0, 0.1) is 0 Å². The van der Waals surface area contributed by atoms with Gasteiger partial charge in [0.2, 0.25) is 0 Å². The summed E-state index contributed by atoms with van der Waals surface area (Å²) in [6.45, 7) is 0. The standard InChI is InChI=1S/C23H19N3O3/c1-28-15-10-11-22(29-2)21(13-15)26-23(27)17-14-20(19-9-5-6-12-24-19)25-18-8-4-3-7-16(17)18/h3-14H,1-2H3,(H,26,27). The normalized spacial score (nSPS) is 10.6. The summed E-state index contributed by atoms with van der Waals surface area (Å²) in [7, 11) is 3.13. The van der Waals surface area contributed by atoms with Gasteiger partial charge in [-0.15, -0.1) is 0 Å². The molecule has 1 N–H and O–H groups in total. The number of hydrogen-bond acceptors (Lipinski definition) is 5. The number of benzene rings is 2. The number of amides is 1. The average Bonchev–Trinajstić information content (AvgIpc) is 2.78. The van der Waals surface area contributed by atoms with Gasteiger partial charge >= 0.3 is 0 Å². The van der Waals surface area contributed by atoms with Crippen LogP contribution in [0.25, 0.3) is 22.3 Å². The van der Waals surface area contributed by atoms with Crippen LogP contribution in [0.2, 0.25) is 0 Å². The smallest absolute Gasteiger partial charge is 0.256 e. The van der Waals surface area contributed by atoms with E-state index in [1.807, 2.05) is 42.5 Å². The summed E-state index contributed by atoms with van der Waals surface area (Å²) >= 11 is 0. The van der Waals surface area contributed by atoms with E-state index >= 15 is 0 Å². The van der Waals surface area contributed by atoms with Crippen molar-refractivity contribution in [2.75, 3.05) is 19.5 Å². The first-order valence-corrected chi connectivity index (χ1v) is 9.04. The molecule has 0 radical (unpaired) electrons. The van der Waals surface area contributed by atoms with E-state index < -0.39 is 0 Å². The zero-order chi connectivity index (χ0) is 20.2. The number of fused-ring (bicyclic) bond motifs is 1. The Balaban J connectivity index is 1.80. The van der Waals surface area contributed by atoms with Crippen molar-refractivity contribution in [2.45, 2.75) is 0 Å². The molecule has 0 saturated carbocycles. The molecule has 0 aliphatic rings. The maximum atomic E-state index is 13.2. The molecule has 0 bridgehead atoms. The third-order valence-corrected chi connectivity index (χ3v) is 4.54. The number of rotatable bonds is 5. The van der Waals surface area contributed by atoms with Crippen LogP contribution in [-0.2, 0) is 0 Å². The Morgan fingerprint density at radius 3 is 2.48 bits per heavy atom. The third kappa shape index (κ3) is 3.73. The van der Waals surface area contributed by atoms with Crippen molar-refractivity contribution in [3.63, 3.8) is 0 Å². The fraction of sp³-hybridized carbons (Fsp3) is 0.0870. The Kier molecular flexibility index (Phi) is 5.07. The summed E-state index contributed by atoms with van der Waals surface area (Å²) in [6, 6.07) is 20.1. The van der Waals surface area contributed by atoms with E-state index in [1.165, 1.54) is 0 Å². The zero-order valence-corrected chi connectivity index (χ0v) is 16.0. The van der Waals surface area contributed by atoms with E-state index in [9.17, 15) is 4.79 Å². The molecule has 29 heavy (non-hydrogen) atoms. The van der Waals surface area contributed by atoms with Crippen molar-refractivity contribution in [2.24, 2.45) is 0 Å². The number of aromatic nitrogens is 2. The second kappa shape index (κ2) is 7.98. The summed E-state index contributed by atoms with van der Waals surface area (Å²) in [4.78, 5) is 22.3. The fourth-order valence-electron chi connectivity index (χ4n) is 3.11. The molecule has 0 aliphatic carbocycles. The third-order valence-electron chi connectivity index (χ3n) is 4.54. The summed E-state index contributed by atoms with van der Waals surface area (Å²) in [6.07, 6.45) is 1.70. The highest BCUT2D eigenvalue weighted by atomic mass is 16.5. The van der Waals surface area contributed by atoms with Gasteiger partial charge in [-0.2, -0.15) is 0 Å². The minimum atomic E-state index is -0.271. The molecule has 2 aromatic heterocycles. The number of nitrogens with one attached hydrogen (secondary N) is 1. The monoisotopic (exact) mass is 385 g/mol. The van der Waals surface area contributed by atoms with Gasteiger partial charge in [-0.3, -0.25) is 9.78 Å². The predicted octanol–water partition coefficient (Wildman–Crippen LogP) is 4.57. The van der Waals surface area contributed by atoms with Gasteiger partial charge in [0, 0.05) is 17.6 Å². The molecule has 0 spiro atoms. The van der Waals surface area contributed by atoms with E-state index in [4.69, 9.17) is 9.47 Å². The van der Waals surface area contributed by atoms with Crippen molar-refractivity contribution in [3.8, 4) is 22.9 Å². The van der Waals surface area contributed by atoms with Crippen LogP contribution in [0.15, 0.2) is 72.9 Å². The van der Waals surface area contributed by atoms with E-state index in [0.717, 1.165) is 10.9 Å². The molecule has 2 heterocycles. The van der Waals surface area contributed by atoms with Crippen LogP contribution < -0.4 is 14.8 Å². The van der Waals surface area contributed by atoms with Gasteiger partial charge in [-0.25, -0.2) is 4.98 Å². The SMILES string of the molecule is COc1ccc(OC)c(NC(=O)c2cc(-c3ccccn3)nc3ccccc23)c1. The predicted molar refractivity (Wildman–Crippen MR) is 112 cm³/mol. The number of hydrogen-bond donors (Lipinski definition) is 1. The molecular weight excluding hydrogens is 366 g/mol. The number of pyridine rings is 2. The highest BCUT2D eigenvalue weighted by molar-refractivity contribution is 6.13. The van der Waals surface area contributed by atoms with Crippen molar-refractivity contribution < 1.29 is 14.3 Å². The summed E-state index contributed by atoms with van der Waals surface area (Å²) in [5.41, 5.74) is 3.08. The number of ether oxygens (including phenoxy) is 2. The number of carbonyl (C=O) groups excluding carboxylic acids is 1. The summed E-state index contributed by atoms with van der Waals surface area (Å²) in [5, 5.41) is 3.69. The lowest BCUT2D eigenvalue weighted by atomic mass is 10.1. The van der Waals surface area contributed by atoms with Crippen LogP contribution >= 0.6 is 0 Å². The molecule has 6 heteroatoms. The average molecular weight is 385 g/mol. The second-order valence-electron chi connectivity index (χ2n) is 6.31. The Hall–Kier alpha value is -3.93. The van der Waals surface area contributed by atoms with Crippen molar-refractivity contribution in [3.05, 3.63) is 78.5 Å². The molecule has 0 saturated heterocycles. The molecule has 144 valence electrons. The van der Waals surface area contributed by atoms with Gasteiger partial charge in [-0.1, -0.05) is 24.3 Å². The van der Waals surface area contributed by atoms with Gasteiger partial charge < -0.3 is 14.8 Å². The zero-order valence-electron chi connectivity index (χ0n) is 16.0. The quantitative estimate of drug-likeness (QED) is 0.545. The van der Waals surface area contributed by atoms with E-state index in [-0.39, 0.29) is 5.91 Å². The van der Waals surface area contributed by atoms with Gasteiger partial charge in [-0.05, 0) is 36.4 Å². The Morgan fingerprint density at radius 1 is 0.897 bits per heavy atom. The van der Waals surface area contributed by atoms with Crippen molar-refractivity contribution >= 4 is 22.5 Å². The number of methoxy groups -OCH3 is 2. The van der Waals surface area contributed by atoms with Gasteiger partial charge in [0.25, 0.3) is 5.91 Å². The van der Waals surface area contributed by atoms with E-state index in [2.05, 4.69) is 15.3 Å².